The van der Waals surface area contributed by atoms with Crippen molar-refractivity contribution in [3.8, 4) is 5.75 Å². The van der Waals surface area contributed by atoms with Gasteiger partial charge in [0, 0.05) is 10.7 Å². The number of benzene rings is 2. The molecule has 0 aliphatic rings. The molecule has 2 aromatic carbocycles. The number of carbonyl (C=O) groups excluding carboxylic acids is 1. The van der Waals surface area contributed by atoms with E-state index < -0.39 is 5.91 Å². The zero-order valence-electron chi connectivity index (χ0n) is 15.2. The highest BCUT2D eigenvalue weighted by atomic mass is 35.5. The fourth-order valence-electron chi connectivity index (χ4n) is 2.44. The number of rotatable bonds is 5. The molecular formula is C20H19ClN4O2. The number of carbonyl (C=O) groups is 1. The van der Waals surface area contributed by atoms with Gasteiger partial charge in [-0.3, -0.25) is 4.79 Å². The van der Waals surface area contributed by atoms with E-state index in [0.29, 0.717) is 22.3 Å². The third kappa shape index (κ3) is 4.54. The third-order valence-electron chi connectivity index (χ3n) is 4.07. The molecule has 0 bridgehead atoms. The van der Waals surface area contributed by atoms with E-state index in [1.54, 1.807) is 18.2 Å². The number of ether oxygens (including phenoxy) is 1. The van der Waals surface area contributed by atoms with Gasteiger partial charge in [-0.15, -0.1) is 0 Å². The largest absolute Gasteiger partial charge is 0.495 e. The highest BCUT2D eigenvalue weighted by Crippen LogP contribution is 2.28. The Kier molecular flexibility index (Phi) is 5.57. The molecule has 0 atom stereocenters. The van der Waals surface area contributed by atoms with E-state index in [-0.39, 0.29) is 5.69 Å². The molecule has 3 aromatic rings. The first-order valence-electron chi connectivity index (χ1n) is 8.27. The van der Waals surface area contributed by atoms with Crippen LogP contribution in [0.5, 0.6) is 5.75 Å². The van der Waals surface area contributed by atoms with Gasteiger partial charge in [-0.2, -0.15) is 0 Å². The van der Waals surface area contributed by atoms with Crippen molar-refractivity contribution >= 4 is 34.7 Å². The average molecular weight is 383 g/mol. The molecule has 0 saturated heterocycles. The van der Waals surface area contributed by atoms with E-state index in [1.807, 2.05) is 25.1 Å². The van der Waals surface area contributed by atoms with Crippen molar-refractivity contribution in [1.29, 1.82) is 0 Å². The van der Waals surface area contributed by atoms with Crippen molar-refractivity contribution < 1.29 is 9.53 Å². The molecule has 2 N–H and O–H groups in total. The van der Waals surface area contributed by atoms with Crippen LogP contribution in [0, 0.1) is 13.8 Å². The number of aryl methyl sites for hydroxylation is 2. The molecule has 1 amide bonds. The Hall–Kier alpha value is -3.12. The molecule has 0 aliphatic carbocycles. The number of halogens is 1. The SMILES string of the molecule is COc1ccc(Cl)cc1NC(=O)c1cnc(Nc2ccc(C)c(C)c2)cn1. The Morgan fingerprint density at radius 1 is 1.04 bits per heavy atom. The first-order chi connectivity index (χ1) is 13.0. The number of nitrogens with zero attached hydrogens (tertiary/aromatic N) is 2. The van der Waals surface area contributed by atoms with E-state index in [0.717, 1.165) is 5.69 Å². The maximum absolute atomic E-state index is 12.4. The summed E-state index contributed by atoms with van der Waals surface area (Å²) in [5, 5.41) is 6.39. The normalized spacial score (nSPS) is 10.4. The summed E-state index contributed by atoms with van der Waals surface area (Å²) in [6.45, 7) is 4.10. The first-order valence-corrected chi connectivity index (χ1v) is 8.65. The first kappa shape index (κ1) is 18.7. The molecule has 0 radical (unpaired) electrons. The molecule has 0 aliphatic heterocycles. The minimum atomic E-state index is -0.402. The van der Waals surface area contributed by atoms with Gasteiger partial charge < -0.3 is 15.4 Å². The van der Waals surface area contributed by atoms with Crippen LogP contribution in [0.15, 0.2) is 48.8 Å². The summed E-state index contributed by atoms with van der Waals surface area (Å²) in [5.74, 6) is 0.657. The van der Waals surface area contributed by atoms with Gasteiger partial charge in [-0.25, -0.2) is 9.97 Å². The van der Waals surface area contributed by atoms with Crippen molar-refractivity contribution in [1.82, 2.24) is 9.97 Å². The fraction of sp³-hybridized carbons (Fsp3) is 0.150. The molecule has 27 heavy (non-hydrogen) atoms. The highest BCUT2D eigenvalue weighted by molar-refractivity contribution is 6.31. The van der Waals surface area contributed by atoms with Crippen molar-refractivity contribution in [3.05, 3.63) is 70.6 Å². The fourth-order valence-corrected chi connectivity index (χ4v) is 2.61. The topological polar surface area (TPSA) is 76.1 Å². The second kappa shape index (κ2) is 8.05. The predicted octanol–water partition coefficient (Wildman–Crippen LogP) is 4.75. The van der Waals surface area contributed by atoms with Gasteiger partial charge in [-0.05, 0) is 55.3 Å². The van der Waals surface area contributed by atoms with Gasteiger partial charge >= 0.3 is 0 Å². The molecule has 7 heteroatoms. The van der Waals surface area contributed by atoms with Crippen LogP contribution in [0.25, 0.3) is 0 Å². The van der Waals surface area contributed by atoms with E-state index in [1.165, 1.54) is 30.6 Å². The molecule has 0 fully saturated rings. The van der Waals surface area contributed by atoms with Crippen LogP contribution >= 0.6 is 11.6 Å². The second-order valence-corrected chi connectivity index (χ2v) is 6.45. The zero-order valence-corrected chi connectivity index (χ0v) is 16.0. The van der Waals surface area contributed by atoms with Gasteiger partial charge in [0.05, 0.1) is 25.2 Å². The van der Waals surface area contributed by atoms with Gasteiger partial charge in [0.15, 0.2) is 0 Å². The summed E-state index contributed by atoms with van der Waals surface area (Å²) >= 11 is 5.98. The van der Waals surface area contributed by atoms with Gasteiger partial charge in [0.1, 0.15) is 17.3 Å². The molecule has 3 rings (SSSR count). The Morgan fingerprint density at radius 3 is 2.52 bits per heavy atom. The Morgan fingerprint density at radius 2 is 1.85 bits per heavy atom. The number of hydrogen-bond acceptors (Lipinski definition) is 5. The van der Waals surface area contributed by atoms with Gasteiger partial charge in [-0.1, -0.05) is 17.7 Å². The van der Waals surface area contributed by atoms with Crippen molar-refractivity contribution in [2.75, 3.05) is 17.7 Å². The number of anilines is 3. The number of hydrogen-bond donors (Lipinski definition) is 2. The summed E-state index contributed by atoms with van der Waals surface area (Å²) in [5.41, 5.74) is 3.96. The van der Waals surface area contributed by atoms with Crippen molar-refractivity contribution in [2.24, 2.45) is 0 Å². The summed E-state index contributed by atoms with van der Waals surface area (Å²) < 4.78 is 5.22. The number of amides is 1. The minimum Gasteiger partial charge on any atom is -0.495 e. The summed E-state index contributed by atoms with van der Waals surface area (Å²) in [6, 6.07) is 11.0. The van der Waals surface area contributed by atoms with Crippen molar-refractivity contribution in [3.63, 3.8) is 0 Å². The summed E-state index contributed by atoms with van der Waals surface area (Å²) in [4.78, 5) is 20.8. The van der Waals surface area contributed by atoms with E-state index >= 15 is 0 Å². The van der Waals surface area contributed by atoms with Crippen LogP contribution in [0.1, 0.15) is 21.6 Å². The van der Waals surface area contributed by atoms with E-state index in [9.17, 15) is 4.79 Å². The maximum atomic E-state index is 12.4. The number of nitrogens with one attached hydrogen (secondary N) is 2. The molecule has 6 nitrogen and oxygen atoms in total. The van der Waals surface area contributed by atoms with E-state index in [2.05, 4.69) is 27.5 Å². The lowest BCUT2D eigenvalue weighted by Crippen LogP contribution is -2.15. The van der Waals surface area contributed by atoms with Crippen LogP contribution in [0.2, 0.25) is 5.02 Å². The van der Waals surface area contributed by atoms with Crippen LogP contribution in [-0.4, -0.2) is 23.0 Å². The summed E-state index contributed by atoms with van der Waals surface area (Å²) in [6.07, 6.45) is 2.93. The standard InChI is InChI=1S/C20H19ClN4O2/c1-12-4-6-15(8-13(12)2)24-19-11-22-17(10-23-19)20(26)25-16-9-14(21)5-7-18(16)27-3/h4-11H,1-3H3,(H,23,24)(H,25,26). The maximum Gasteiger partial charge on any atom is 0.275 e. The molecule has 1 aromatic heterocycles. The van der Waals surface area contributed by atoms with Gasteiger partial charge in [0.25, 0.3) is 5.91 Å². The van der Waals surface area contributed by atoms with Crippen LogP contribution in [0.4, 0.5) is 17.2 Å². The lowest BCUT2D eigenvalue weighted by molar-refractivity contribution is 0.102. The molecule has 0 unspecified atom stereocenters. The second-order valence-electron chi connectivity index (χ2n) is 6.01. The van der Waals surface area contributed by atoms with Gasteiger partial charge in [0.2, 0.25) is 0 Å². The quantitative estimate of drug-likeness (QED) is 0.665. The molecule has 1 heterocycles. The smallest absolute Gasteiger partial charge is 0.275 e. The average Bonchev–Trinajstić information content (AvgIpc) is 2.65. The number of aromatic nitrogens is 2. The Labute approximate surface area is 162 Å². The third-order valence-corrected chi connectivity index (χ3v) is 4.31. The molecular weight excluding hydrogens is 364 g/mol. The Bertz CT molecular complexity index is 974. The molecule has 0 saturated carbocycles. The lowest BCUT2D eigenvalue weighted by Gasteiger charge is -2.11. The van der Waals surface area contributed by atoms with Crippen LogP contribution in [-0.2, 0) is 0 Å². The molecule has 138 valence electrons. The number of methoxy groups -OCH3 is 1. The van der Waals surface area contributed by atoms with E-state index in [4.69, 9.17) is 16.3 Å². The van der Waals surface area contributed by atoms with Crippen LogP contribution < -0.4 is 15.4 Å². The highest BCUT2D eigenvalue weighted by Gasteiger charge is 2.12. The predicted molar refractivity (Wildman–Crippen MR) is 107 cm³/mol. The monoisotopic (exact) mass is 382 g/mol. The zero-order chi connectivity index (χ0) is 19.4. The van der Waals surface area contributed by atoms with Crippen molar-refractivity contribution in [2.45, 2.75) is 13.8 Å². The molecule has 0 spiro atoms. The minimum absolute atomic E-state index is 0.183. The Balaban J connectivity index is 1.72. The lowest BCUT2D eigenvalue weighted by atomic mass is 10.1. The van der Waals surface area contributed by atoms with Crippen LogP contribution in [0.3, 0.4) is 0 Å². The summed E-state index contributed by atoms with van der Waals surface area (Å²) in [7, 11) is 1.52.